The van der Waals surface area contributed by atoms with Gasteiger partial charge in [-0.15, -0.1) is 0 Å². The van der Waals surface area contributed by atoms with Crippen molar-refractivity contribution >= 4 is 17.5 Å². The molecule has 0 unspecified atom stereocenters. The summed E-state index contributed by atoms with van der Waals surface area (Å²) in [6.07, 6.45) is -3.29. The Bertz CT molecular complexity index is 918. The summed E-state index contributed by atoms with van der Waals surface area (Å²) in [6.45, 7) is 5.78. The lowest BCUT2D eigenvalue weighted by atomic mass is 10.0. The van der Waals surface area contributed by atoms with Crippen LogP contribution >= 0.6 is 0 Å². The lowest BCUT2D eigenvalue weighted by Gasteiger charge is -2.35. The molecular weight excluding hydrogens is 395 g/mol. The first-order valence-electron chi connectivity index (χ1n) is 9.81. The summed E-state index contributed by atoms with van der Waals surface area (Å²) in [5.41, 5.74) is 1.99. The van der Waals surface area contributed by atoms with Crippen LogP contribution in [0.15, 0.2) is 36.5 Å². The minimum Gasteiger partial charge on any atom is -0.353 e. The van der Waals surface area contributed by atoms with Gasteiger partial charge in [0.05, 0.1) is 5.56 Å². The molecule has 0 saturated carbocycles. The van der Waals surface area contributed by atoms with E-state index in [1.165, 1.54) is 6.07 Å². The van der Waals surface area contributed by atoms with Gasteiger partial charge in [0.1, 0.15) is 5.82 Å². The number of pyridine rings is 1. The minimum atomic E-state index is -4.41. The van der Waals surface area contributed by atoms with Crippen molar-refractivity contribution in [3.8, 4) is 0 Å². The maximum Gasteiger partial charge on any atom is 0.417 e. The first-order valence-corrected chi connectivity index (χ1v) is 9.81. The second kappa shape index (κ2) is 8.85. The molecule has 1 aliphatic heterocycles. The van der Waals surface area contributed by atoms with Crippen molar-refractivity contribution in [1.29, 1.82) is 0 Å². The van der Waals surface area contributed by atoms with E-state index in [0.29, 0.717) is 37.6 Å². The predicted octanol–water partition coefficient (Wildman–Crippen LogP) is 4.03. The van der Waals surface area contributed by atoms with E-state index >= 15 is 0 Å². The third-order valence-electron chi connectivity index (χ3n) is 5.43. The molecule has 1 amide bonds. The van der Waals surface area contributed by atoms with Crippen LogP contribution in [-0.2, 0) is 11.0 Å². The minimum absolute atomic E-state index is 0.0564. The Balaban J connectivity index is 1.49. The van der Waals surface area contributed by atoms with E-state index in [1.54, 1.807) is 11.0 Å². The van der Waals surface area contributed by atoms with E-state index in [9.17, 15) is 22.8 Å². The summed E-state index contributed by atoms with van der Waals surface area (Å²) in [6, 6.07) is 7.89. The Hall–Kier alpha value is -2.90. The second-order valence-electron chi connectivity index (χ2n) is 7.49. The van der Waals surface area contributed by atoms with Crippen molar-refractivity contribution < 1.29 is 22.8 Å². The third-order valence-corrected chi connectivity index (χ3v) is 5.43. The molecule has 0 spiro atoms. The van der Waals surface area contributed by atoms with Crippen molar-refractivity contribution in [2.45, 2.75) is 32.9 Å². The number of alkyl halides is 3. The number of ketones is 1. The molecule has 160 valence electrons. The number of aromatic nitrogens is 1. The molecule has 0 N–H and O–H groups in total. The normalized spacial score (nSPS) is 14.7. The number of hydrogen-bond acceptors (Lipinski definition) is 4. The Morgan fingerprint density at radius 3 is 2.23 bits per heavy atom. The number of rotatable bonds is 5. The smallest absolute Gasteiger partial charge is 0.353 e. The summed E-state index contributed by atoms with van der Waals surface area (Å²) in [5, 5.41) is 0. The zero-order chi connectivity index (χ0) is 21.9. The molecule has 2 heterocycles. The zero-order valence-corrected chi connectivity index (χ0v) is 17.0. The number of nitrogens with zero attached hydrogens (tertiary/aromatic N) is 3. The molecule has 1 aromatic heterocycles. The average molecular weight is 419 g/mol. The highest BCUT2D eigenvalue weighted by Gasteiger charge is 2.31. The number of Topliss-reactive ketones (excluding diaryl/α,β-unsaturated/α-hetero) is 1. The van der Waals surface area contributed by atoms with Crippen LogP contribution in [0, 0.1) is 13.8 Å². The van der Waals surface area contributed by atoms with Crippen molar-refractivity contribution in [3.63, 3.8) is 0 Å². The van der Waals surface area contributed by atoms with Gasteiger partial charge in [-0.2, -0.15) is 13.2 Å². The van der Waals surface area contributed by atoms with Gasteiger partial charge in [0.2, 0.25) is 5.91 Å². The standard InChI is InChI=1S/C22H24F3N3O2/c1-15-3-4-17(13-16(15)2)19(29)6-8-21(30)28-11-9-27(10-12-28)20-7-5-18(14-26-20)22(23,24)25/h3-5,7,13-14H,6,8-12H2,1-2H3. The fourth-order valence-corrected chi connectivity index (χ4v) is 3.36. The molecule has 5 nitrogen and oxygen atoms in total. The third kappa shape index (κ3) is 5.17. The molecule has 3 rings (SSSR count). The van der Waals surface area contributed by atoms with Crippen molar-refractivity contribution in [3.05, 3.63) is 58.8 Å². The highest BCUT2D eigenvalue weighted by Crippen LogP contribution is 2.29. The number of halogens is 3. The van der Waals surface area contributed by atoms with E-state index in [2.05, 4.69) is 4.98 Å². The molecule has 1 saturated heterocycles. The van der Waals surface area contributed by atoms with E-state index in [-0.39, 0.29) is 24.5 Å². The van der Waals surface area contributed by atoms with Crippen molar-refractivity contribution in [2.24, 2.45) is 0 Å². The van der Waals surface area contributed by atoms with Crippen LogP contribution in [0.1, 0.15) is 39.9 Å². The first kappa shape index (κ1) is 21.8. The topological polar surface area (TPSA) is 53.5 Å². The quantitative estimate of drug-likeness (QED) is 0.687. The highest BCUT2D eigenvalue weighted by atomic mass is 19.4. The van der Waals surface area contributed by atoms with E-state index < -0.39 is 11.7 Å². The van der Waals surface area contributed by atoms with E-state index in [1.807, 2.05) is 30.9 Å². The summed E-state index contributed by atoms with van der Waals surface area (Å²) in [7, 11) is 0. The fourth-order valence-electron chi connectivity index (χ4n) is 3.36. The number of carbonyl (C=O) groups excluding carboxylic acids is 2. The zero-order valence-electron chi connectivity index (χ0n) is 17.0. The molecule has 0 aliphatic carbocycles. The number of amides is 1. The van der Waals surface area contributed by atoms with Crippen LogP contribution in [-0.4, -0.2) is 47.8 Å². The fraction of sp³-hybridized carbons (Fsp3) is 0.409. The van der Waals surface area contributed by atoms with Gasteiger partial charge in [-0.3, -0.25) is 9.59 Å². The molecule has 0 atom stereocenters. The molecule has 1 aliphatic rings. The van der Waals surface area contributed by atoms with Crippen LogP contribution in [0.2, 0.25) is 0 Å². The second-order valence-corrected chi connectivity index (χ2v) is 7.49. The summed E-state index contributed by atoms with van der Waals surface area (Å²) in [4.78, 5) is 32.3. The Kier molecular flexibility index (Phi) is 6.43. The number of anilines is 1. The van der Waals surface area contributed by atoms with E-state index in [4.69, 9.17) is 0 Å². The molecular formula is C22H24F3N3O2. The van der Waals surface area contributed by atoms with Gasteiger partial charge in [-0.05, 0) is 43.2 Å². The SMILES string of the molecule is Cc1ccc(C(=O)CCC(=O)N2CCN(c3ccc(C(F)(F)F)cn3)CC2)cc1C. The Labute approximate surface area is 173 Å². The first-order chi connectivity index (χ1) is 14.1. The van der Waals surface area contributed by atoms with E-state index in [0.717, 1.165) is 23.4 Å². The van der Waals surface area contributed by atoms with Crippen LogP contribution in [0.4, 0.5) is 19.0 Å². The van der Waals surface area contributed by atoms with Gasteiger partial charge in [-0.1, -0.05) is 12.1 Å². The highest BCUT2D eigenvalue weighted by molar-refractivity contribution is 5.98. The number of aryl methyl sites for hydroxylation is 2. The van der Waals surface area contributed by atoms with Crippen molar-refractivity contribution in [2.75, 3.05) is 31.1 Å². The van der Waals surface area contributed by atoms with Gasteiger partial charge in [0.25, 0.3) is 0 Å². The Morgan fingerprint density at radius 2 is 1.67 bits per heavy atom. The van der Waals surface area contributed by atoms with Crippen LogP contribution < -0.4 is 4.90 Å². The number of hydrogen-bond donors (Lipinski definition) is 0. The van der Waals surface area contributed by atoms with Crippen molar-refractivity contribution in [1.82, 2.24) is 9.88 Å². The molecule has 30 heavy (non-hydrogen) atoms. The van der Waals surface area contributed by atoms with Gasteiger partial charge in [0.15, 0.2) is 5.78 Å². The van der Waals surface area contributed by atoms with Gasteiger partial charge < -0.3 is 9.80 Å². The molecule has 8 heteroatoms. The monoisotopic (exact) mass is 419 g/mol. The molecule has 0 radical (unpaired) electrons. The number of piperazine rings is 1. The van der Waals surface area contributed by atoms with Gasteiger partial charge in [0, 0.05) is 50.8 Å². The number of benzene rings is 1. The maximum absolute atomic E-state index is 12.7. The van der Waals surface area contributed by atoms with Gasteiger partial charge >= 0.3 is 6.18 Å². The van der Waals surface area contributed by atoms with Crippen LogP contribution in [0.25, 0.3) is 0 Å². The molecule has 2 aromatic rings. The van der Waals surface area contributed by atoms with Crippen LogP contribution in [0.3, 0.4) is 0 Å². The largest absolute Gasteiger partial charge is 0.417 e. The number of carbonyl (C=O) groups is 2. The molecule has 0 bridgehead atoms. The van der Waals surface area contributed by atoms with Gasteiger partial charge in [-0.25, -0.2) is 4.98 Å². The summed E-state index contributed by atoms with van der Waals surface area (Å²) >= 11 is 0. The molecule has 1 aromatic carbocycles. The average Bonchev–Trinajstić information content (AvgIpc) is 2.73. The Morgan fingerprint density at radius 1 is 0.967 bits per heavy atom. The van der Waals surface area contributed by atoms with Crippen LogP contribution in [0.5, 0.6) is 0 Å². The maximum atomic E-state index is 12.7. The lowest BCUT2D eigenvalue weighted by Crippen LogP contribution is -2.49. The summed E-state index contributed by atoms with van der Waals surface area (Å²) < 4.78 is 38.0. The lowest BCUT2D eigenvalue weighted by molar-refractivity contribution is -0.137. The summed E-state index contributed by atoms with van der Waals surface area (Å²) in [5.74, 6) is 0.311. The molecule has 1 fully saturated rings. The predicted molar refractivity (Wildman–Crippen MR) is 108 cm³/mol.